The fourth-order valence-corrected chi connectivity index (χ4v) is 1.61. The lowest BCUT2D eigenvalue weighted by Crippen LogP contribution is -2.50. The number of urea groups is 1. The Labute approximate surface area is 119 Å². The van der Waals surface area contributed by atoms with E-state index in [0.717, 1.165) is 0 Å². The molecule has 0 spiro atoms. The number of esters is 1. The lowest BCUT2D eigenvalue weighted by Gasteiger charge is -2.32. The molecule has 1 atom stereocenters. The minimum Gasteiger partial charge on any atom is -0.481 e. The largest absolute Gasteiger partial charge is 0.481 e. The molecule has 7 heteroatoms. The van der Waals surface area contributed by atoms with Crippen molar-refractivity contribution in [3.8, 4) is 0 Å². The van der Waals surface area contributed by atoms with Gasteiger partial charge >= 0.3 is 18.0 Å². The third kappa shape index (κ3) is 5.46. The fraction of sp³-hybridized carbons (Fsp3) is 0.769. The maximum absolute atomic E-state index is 12.4. The van der Waals surface area contributed by atoms with Crippen LogP contribution in [0.3, 0.4) is 0 Å². The summed E-state index contributed by atoms with van der Waals surface area (Å²) in [6.07, 6.45) is 0. The summed E-state index contributed by atoms with van der Waals surface area (Å²) in [6, 6.07) is -0.545. The number of rotatable bonds is 7. The second kappa shape index (κ2) is 8.39. The maximum Gasteiger partial charge on any atom is 0.325 e. The number of carboxylic acids is 1. The smallest absolute Gasteiger partial charge is 0.325 e. The Bertz CT molecular complexity index is 357. The van der Waals surface area contributed by atoms with Crippen LogP contribution in [0.4, 0.5) is 4.79 Å². The quantitative estimate of drug-likeness (QED) is 0.707. The van der Waals surface area contributed by atoms with Crippen LogP contribution in [0.2, 0.25) is 0 Å². The second-order valence-corrected chi connectivity index (χ2v) is 4.86. The maximum atomic E-state index is 12.4. The summed E-state index contributed by atoms with van der Waals surface area (Å²) >= 11 is 0. The van der Waals surface area contributed by atoms with Crippen molar-refractivity contribution in [1.82, 2.24) is 9.80 Å². The van der Waals surface area contributed by atoms with E-state index >= 15 is 0 Å². The molecule has 0 aliphatic heterocycles. The van der Waals surface area contributed by atoms with Crippen LogP contribution >= 0.6 is 0 Å². The van der Waals surface area contributed by atoms with Crippen molar-refractivity contribution in [2.24, 2.45) is 5.92 Å². The van der Waals surface area contributed by atoms with E-state index < -0.39 is 17.9 Å². The molecule has 0 aromatic rings. The van der Waals surface area contributed by atoms with Crippen molar-refractivity contribution in [2.45, 2.75) is 33.7 Å². The normalized spacial score (nSPS) is 11.9. The van der Waals surface area contributed by atoms with Gasteiger partial charge in [-0.15, -0.1) is 0 Å². The number of carbonyl (C=O) groups is 3. The summed E-state index contributed by atoms with van der Waals surface area (Å²) in [5.74, 6) is -2.12. The molecule has 0 heterocycles. The molecule has 0 rings (SSSR count). The van der Waals surface area contributed by atoms with E-state index in [4.69, 9.17) is 5.11 Å². The average molecular weight is 288 g/mol. The number of methoxy groups -OCH3 is 1. The van der Waals surface area contributed by atoms with Gasteiger partial charge in [0.1, 0.15) is 6.54 Å². The summed E-state index contributed by atoms with van der Waals surface area (Å²) < 4.78 is 4.57. The van der Waals surface area contributed by atoms with Crippen LogP contribution < -0.4 is 0 Å². The average Bonchev–Trinajstić information content (AvgIpc) is 2.40. The number of carbonyl (C=O) groups excluding carboxylic acids is 2. The highest BCUT2D eigenvalue weighted by molar-refractivity contribution is 5.81. The molecule has 0 aliphatic rings. The second-order valence-electron chi connectivity index (χ2n) is 4.86. The predicted octanol–water partition coefficient (Wildman–Crippen LogP) is 1.03. The van der Waals surface area contributed by atoms with Gasteiger partial charge in [0.15, 0.2) is 0 Å². The van der Waals surface area contributed by atoms with Gasteiger partial charge in [0, 0.05) is 19.1 Å². The summed E-state index contributed by atoms with van der Waals surface area (Å²) in [7, 11) is 1.26. The van der Waals surface area contributed by atoms with Gasteiger partial charge in [-0.05, 0) is 20.8 Å². The lowest BCUT2D eigenvalue weighted by atomic mass is 10.1. The first kappa shape index (κ1) is 18.2. The molecule has 7 nitrogen and oxygen atoms in total. The number of nitrogens with zero attached hydrogens (tertiary/aromatic N) is 2. The van der Waals surface area contributed by atoms with Crippen molar-refractivity contribution in [2.75, 3.05) is 26.7 Å². The third-order valence-corrected chi connectivity index (χ3v) is 2.96. The zero-order chi connectivity index (χ0) is 15.9. The van der Waals surface area contributed by atoms with Crippen molar-refractivity contribution in [3.05, 3.63) is 0 Å². The van der Waals surface area contributed by atoms with E-state index in [9.17, 15) is 14.4 Å². The summed E-state index contributed by atoms with van der Waals surface area (Å²) in [4.78, 5) is 37.4. The van der Waals surface area contributed by atoms with Crippen LogP contribution in [0, 0.1) is 5.92 Å². The zero-order valence-corrected chi connectivity index (χ0v) is 12.8. The minimum atomic E-state index is -0.958. The van der Waals surface area contributed by atoms with Crippen LogP contribution in [-0.4, -0.2) is 65.7 Å². The highest BCUT2D eigenvalue weighted by atomic mass is 16.5. The van der Waals surface area contributed by atoms with Crippen molar-refractivity contribution < 1.29 is 24.2 Å². The van der Waals surface area contributed by atoms with E-state index in [2.05, 4.69) is 4.74 Å². The van der Waals surface area contributed by atoms with Gasteiger partial charge in [-0.1, -0.05) is 6.92 Å². The molecule has 116 valence electrons. The Morgan fingerprint density at radius 2 is 1.75 bits per heavy atom. The standard InChI is InChI=1S/C13H24N2O5/c1-6-14(7-10(4)12(17)18)13(19)15(9(2)3)8-11(16)20-5/h9-10H,6-8H2,1-5H3,(H,17,18). The van der Waals surface area contributed by atoms with Gasteiger partial charge in [-0.3, -0.25) is 9.59 Å². The van der Waals surface area contributed by atoms with E-state index in [0.29, 0.717) is 6.54 Å². The molecule has 20 heavy (non-hydrogen) atoms. The molecule has 0 saturated heterocycles. The molecule has 1 unspecified atom stereocenters. The van der Waals surface area contributed by atoms with E-state index in [1.165, 1.54) is 23.8 Å². The van der Waals surface area contributed by atoms with Crippen molar-refractivity contribution in [3.63, 3.8) is 0 Å². The number of hydrogen-bond acceptors (Lipinski definition) is 4. The number of carboxylic acid groups (broad SMARTS) is 1. The molecular formula is C13H24N2O5. The molecule has 2 amide bonds. The zero-order valence-electron chi connectivity index (χ0n) is 12.8. The number of amides is 2. The highest BCUT2D eigenvalue weighted by Crippen LogP contribution is 2.08. The Hall–Kier alpha value is -1.79. The number of hydrogen-bond donors (Lipinski definition) is 1. The van der Waals surface area contributed by atoms with Crippen LogP contribution in [0.15, 0.2) is 0 Å². The van der Waals surface area contributed by atoms with Crippen LogP contribution in [-0.2, 0) is 14.3 Å². The molecule has 0 fully saturated rings. The fourth-order valence-electron chi connectivity index (χ4n) is 1.61. The Kier molecular flexibility index (Phi) is 7.64. The topological polar surface area (TPSA) is 87.2 Å². The molecule has 0 aromatic heterocycles. The molecule has 0 bridgehead atoms. The SMILES string of the molecule is CCN(CC(C)C(=O)O)C(=O)N(CC(=O)OC)C(C)C. The molecular weight excluding hydrogens is 264 g/mol. The predicted molar refractivity (Wildman–Crippen MR) is 73.3 cm³/mol. The van der Waals surface area contributed by atoms with Crippen LogP contribution in [0.5, 0.6) is 0 Å². The van der Waals surface area contributed by atoms with E-state index in [1.54, 1.807) is 20.8 Å². The van der Waals surface area contributed by atoms with Gasteiger partial charge in [-0.2, -0.15) is 0 Å². The van der Waals surface area contributed by atoms with Crippen LogP contribution in [0.1, 0.15) is 27.7 Å². The summed E-state index contributed by atoms with van der Waals surface area (Å²) in [5.41, 5.74) is 0. The van der Waals surface area contributed by atoms with Crippen molar-refractivity contribution in [1.29, 1.82) is 0 Å². The summed E-state index contributed by atoms with van der Waals surface area (Å²) in [5, 5.41) is 8.91. The first-order valence-corrected chi connectivity index (χ1v) is 6.59. The number of aliphatic carboxylic acids is 1. The number of ether oxygens (including phenoxy) is 1. The Morgan fingerprint density at radius 3 is 2.10 bits per heavy atom. The monoisotopic (exact) mass is 288 g/mol. The first-order chi connectivity index (χ1) is 9.24. The minimum absolute atomic E-state index is 0.106. The van der Waals surface area contributed by atoms with Crippen molar-refractivity contribution >= 4 is 18.0 Å². The molecule has 0 radical (unpaired) electrons. The first-order valence-electron chi connectivity index (χ1n) is 6.59. The molecule has 0 aromatic carbocycles. The van der Waals surface area contributed by atoms with Gasteiger partial charge in [0.2, 0.25) is 0 Å². The molecule has 1 N–H and O–H groups in total. The third-order valence-electron chi connectivity index (χ3n) is 2.96. The van der Waals surface area contributed by atoms with E-state index in [1.807, 2.05) is 0 Å². The lowest BCUT2D eigenvalue weighted by molar-refractivity contribution is -0.143. The Balaban J connectivity index is 4.91. The highest BCUT2D eigenvalue weighted by Gasteiger charge is 2.27. The molecule has 0 aliphatic carbocycles. The summed E-state index contributed by atoms with van der Waals surface area (Å²) in [6.45, 7) is 7.22. The van der Waals surface area contributed by atoms with Gasteiger partial charge in [0.05, 0.1) is 13.0 Å². The van der Waals surface area contributed by atoms with Crippen LogP contribution in [0.25, 0.3) is 0 Å². The Morgan fingerprint density at radius 1 is 1.20 bits per heavy atom. The van der Waals surface area contributed by atoms with Gasteiger partial charge < -0.3 is 19.6 Å². The van der Waals surface area contributed by atoms with Gasteiger partial charge in [0.25, 0.3) is 0 Å². The van der Waals surface area contributed by atoms with Gasteiger partial charge in [-0.25, -0.2) is 4.79 Å². The van der Waals surface area contributed by atoms with E-state index in [-0.39, 0.29) is 25.2 Å². The molecule has 0 saturated carbocycles.